The molecule has 0 amide bonds. The summed E-state index contributed by atoms with van der Waals surface area (Å²) in [6.07, 6.45) is 1.75. The van der Waals surface area contributed by atoms with Gasteiger partial charge in [-0.3, -0.25) is 0 Å². The molecule has 0 aliphatic rings. The van der Waals surface area contributed by atoms with E-state index >= 15 is 0 Å². The smallest absolute Gasteiger partial charge is 0.0635 e. The van der Waals surface area contributed by atoms with Gasteiger partial charge in [0, 0.05) is 16.1 Å². The third kappa shape index (κ3) is 2.21. The molecule has 1 heterocycles. The molecule has 0 saturated carbocycles. The van der Waals surface area contributed by atoms with Crippen molar-refractivity contribution in [3.8, 4) is 11.1 Å². The molecule has 0 fully saturated rings. The average molecular weight is 236 g/mol. The molecule has 3 nitrogen and oxygen atoms in total. The molecule has 1 aromatic heterocycles. The zero-order valence-electron chi connectivity index (χ0n) is 9.37. The van der Waals surface area contributed by atoms with Gasteiger partial charge < -0.3 is 6.15 Å². The molecule has 1 aromatic carbocycles. The van der Waals surface area contributed by atoms with Crippen LogP contribution >= 0.6 is 11.6 Å². The highest BCUT2D eigenvalue weighted by molar-refractivity contribution is 6.33. The van der Waals surface area contributed by atoms with Gasteiger partial charge in [-0.1, -0.05) is 29.8 Å². The Labute approximate surface area is 100 Å². The van der Waals surface area contributed by atoms with Crippen molar-refractivity contribution < 1.29 is 0 Å². The van der Waals surface area contributed by atoms with Gasteiger partial charge in [-0.15, -0.1) is 0 Å². The molecular formula is C12H14ClN3. The molecule has 0 atom stereocenters. The van der Waals surface area contributed by atoms with E-state index in [9.17, 15) is 0 Å². The number of halogens is 1. The molecule has 0 aliphatic carbocycles. The van der Waals surface area contributed by atoms with Crippen molar-refractivity contribution in [3.63, 3.8) is 0 Å². The van der Waals surface area contributed by atoms with Crippen molar-refractivity contribution in [2.75, 3.05) is 0 Å². The van der Waals surface area contributed by atoms with Gasteiger partial charge in [0.25, 0.3) is 0 Å². The lowest BCUT2D eigenvalue weighted by Gasteiger charge is -2.08. The summed E-state index contributed by atoms with van der Waals surface area (Å²) in [5.74, 6) is 0. The molecule has 2 aromatic rings. The molecular weight excluding hydrogens is 222 g/mol. The molecule has 0 radical (unpaired) electrons. The first kappa shape index (κ1) is 12.6. The quantitative estimate of drug-likeness (QED) is 0.822. The summed E-state index contributed by atoms with van der Waals surface area (Å²) in [5.41, 5.74) is 4.12. The molecule has 84 valence electrons. The highest BCUT2D eigenvalue weighted by Crippen LogP contribution is 2.29. The second-order valence-electron chi connectivity index (χ2n) is 3.45. The molecule has 4 heteroatoms. The molecule has 0 bridgehead atoms. The SMILES string of the molecule is Cc1nncc(-c2ccccc2Cl)c1C.N. The van der Waals surface area contributed by atoms with Crippen molar-refractivity contribution in [1.82, 2.24) is 16.3 Å². The Balaban J connectivity index is 0.00000128. The van der Waals surface area contributed by atoms with Gasteiger partial charge in [-0.2, -0.15) is 10.2 Å². The number of rotatable bonds is 1. The fourth-order valence-corrected chi connectivity index (χ4v) is 1.73. The fraction of sp³-hybridized carbons (Fsp3) is 0.167. The molecule has 0 saturated heterocycles. The van der Waals surface area contributed by atoms with E-state index in [1.807, 2.05) is 38.1 Å². The highest BCUT2D eigenvalue weighted by Gasteiger charge is 2.07. The monoisotopic (exact) mass is 235 g/mol. The second kappa shape index (κ2) is 5.05. The number of benzene rings is 1. The third-order valence-electron chi connectivity index (χ3n) is 2.51. The minimum Gasteiger partial charge on any atom is -0.344 e. The first-order valence-electron chi connectivity index (χ1n) is 4.74. The van der Waals surface area contributed by atoms with Gasteiger partial charge in [-0.25, -0.2) is 0 Å². The Morgan fingerprint density at radius 2 is 1.75 bits per heavy atom. The predicted octanol–water partition coefficient (Wildman–Crippen LogP) is 3.58. The van der Waals surface area contributed by atoms with Crippen molar-refractivity contribution in [2.45, 2.75) is 13.8 Å². The van der Waals surface area contributed by atoms with Crippen LogP contribution in [0.2, 0.25) is 5.02 Å². The number of hydrogen-bond donors (Lipinski definition) is 1. The number of aryl methyl sites for hydroxylation is 1. The van der Waals surface area contributed by atoms with E-state index in [2.05, 4.69) is 10.2 Å². The van der Waals surface area contributed by atoms with E-state index < -0.39 is 0 Å². The van der Waals surface area contributed by atoms with Crippen molar-refractivity contribution in [1.29, 1.82) is 0 Å². The molecule has 0 spiro atoms. The zero-order valence-corrected chi connectivity index (χ0v) is 10.1. The van der Waals surface area contributed by atoms with E-state index in [1.165, 1.54) is 0 Å². The van der Waals surface area contributed by atoms with Gasteiger partial charge in [0.05, 0.1) is 11.9 Å². The summed E-state index contributed by atoms with van der Waals surface area (Å²) in [7, 11) is 0. The van der Waals surface area contributed by atoms with Crippen molar-refractivity contribution in [3.05, 3.63) is 46.7 Å². The van der Waals surface area contributed by atoms with Crippen LogP contribution in [0.3, 0.4) is 0 Å². The van der Waals surface area contributed by atoms with Crippen LogP contribution in [0.25, 0.3) is 11.1 Å². The molecule has 3 N–H and O–H groups in total. The summed E-state index contributed by atoms with van der Waals surface area (Å²) in [6.45, 7) is 3.98. The normalized spacial score (nSPS) is 9.69. The van der Waals surface area contributed by atoms with Crippen LogP contribution in [0, 0.1) is 13.8 Å². The lowest BCUT2D eigenvalue weighted by molar-refractivity contribution is 0.964. The second-order valence-corrected chi connectivity index (χ2v) is 3.86. The van der Waals surface area contributed by atoms with Crippen molar-refractivity contribution >= 4 is 11.6 Å². The third-order valence-corrected chi connectivity index (χ3v) is 2.83. The fourth-order valence-electron chi connectivity index (χ4n) is 1.49. The number of nitrogens with zero attached hydrogens (tertiary/aromatic N) is 2. The van der Waals surface area contributed by atoms with Crippen LogP contribution in [-0.4, -0.2) is 10.2 Å². The maximum Gasteiger partial charge on any atom is 0.0635 e. The van der Waals surface area contributed by atoms with Gasteiger partial charge in [0.2, 0.25) is 0 Å². The first-order valence-corrected chi connectivity index (χ1v) is 5.11. The molecule has 0 aliphatic heterocycles. The lowest BCUT2D eigenvalue weighted by Crippen LogP contribution is -1.94. The number of aromatic nitrogens is 2. The standard InChI is InChI=1S/C12H11ClN2.H3N/c1-8-9(2)15-14-7-11(8)10-5-3-4-6-12(10)13;/h3-7H,1-2H3;1H3. The van der Waals surface area contributed by atoms with E-state index in [0.717, 1.165) is 27.4 Å². The summed E-state index contributed by atoms with van der Waals surface area (Å²) in [6, 6.07) is 7.76. The minimum atomic E-state index is 0. The average Bonchev–Trinajstić information content (AvgIpc) is 2.23. The van der Waals surface area contributed by atoms with Crippen LogP contribution in [0.4, 0.5) is 0 Å². The molecule has 2 rings (SSSR count). The topological polar surface area (TPSA) is 60.8 Å². The summed E-state index contributed by atoms with van der Waals surface area (Å²) >= 11 is 6.13. The van der Waals surface area contributed by atoms with Gasteiger partial charge in [0.15, 0.2) is 0 Å². The van der Waals surface area contributed by atoms with Crippen LogP contribution in [0.5, 0.6) is 0 Å². The Morgan fingerprint density at radius 3 is 2.44 bits per heavy atom. The summed E-state index contributed by atoms with van der Waals surface area (Å²) in [4.78, 5) is 0. The van der Waals surface area contributed by atoms with Gasteiger partial charge >= 0.3 is 0 Å². The van der Waals surface area contributed by atoms with Crippen molar-refractivity contribution in [2.24, 2.45) is 0 Å². The Morgan fingerprint density at radius 1 is 1.06 bits per heavy atom. The maximum absolute atomic E-state index is 6.13. The van der Waals surface area contributed by atoms with E-state index in [1.54, 1.807) is 6.20 Å². The van der Waals surface area contributed by atoms with E-state index in [-0.39, 0.29) is 6.15 Å². The summed E-state index contributed by atoms with van der Waals surface area (Å²) in [5, 5.41) is 8.70. The van der Waals surface area contributed by atoms with Crippen LogP contribution in [0.15, 0.2) is 30.5 Å². The zero-order chi connectivity index (χ0) is 10.8. The van der Waals surface area contributed by atoms with Gasteiger partial charge in [0.1, 0.15) is 0 Å². The lowest BCUT2D eigenvalue weighted by atomic mass is 10.0. The molecule has 16 heavy (non-hydrogen) atoms. The molecule has 0 unspecified atom stereocenters. The van der Waals surface area contributed by atoms with Crippen LogP contribution < -0.4 is 6.15 Å². The van der Waals surface area contributed by atoms with E-state index in [4.69, 9.17) is 11.6 Å². The highest BCUT2D eigenvalue weighted by atomic mass is 35.5. The predicted molar refractivity (Wildman–Crippen MR) is 67.0 cm³/mol. The number of hydrogen-bond acceptors (Lipinski definition) is 3. The van der Waals surface area contributed by atoms with Crippen LogP contribution in [0.1, 0.15) is 11.3 Å². The van der Waals surface area contributed by atoms with E-state index in [0.29, 0.717) is 0 Å². The Hall–Kier alpha value is -1.45. The van der Waals surface area contributed by atoms with Gasteiger partial charge in [-0.05, 0) is 25.5 Å². The maximum atomic E-state index is 6.13. The minimum absolute atomic E-state index is 0. The Bertz CT molecular complexity index is 497. The first-order chi connectivity index (χ1) is 7.20. The summed E-state index contributed by atoms with van der Waals surface area (Å²) < 4.78 is 0. The Kier molecular flexibility index (Phi) is 3.99. The van der Waals surface area contributed by atoms with Crippen LogP contribution in [-0.2, 0) is 0 Å². The largest absolute Gasteiger partial charge is 0.344 e.